The van der Waals surface area contributed by atoms with Gasteiger partial charge in [-0.1, -0.05) is 11.8 Å². The summed E-state index contributed by atoms with van der Waals surface area (Å²) in [4.78, 5) is 45.2. The van der Waals surface area contributed by atoms with Crippen LogP contribution < -0.4 is 5.32 Å². The fraction of sp³-hybridized carbons (Fsp3) is 0.522. The molecular weight excluding hydrogens is 458 g/mol. The number of carbonyl (C=O) groups is 3. The molecule has 182 valence electrons. The maximum atomic E-state index is 12.7. The first-order valence-corrected chi connectivity index (χ1v) is 12.0. The van der Waals surface area contributed by atoms with Gasteiger partial charge in [-0.3, -0.25) is 19.3 Å². The summed E-state index contributed by atoms with van der Waals surface area (Å²) in [6.45, 7) is 6.12. The minimum absolute atomic E-state index is 0.0918. The number of esters is 1. The van der Waals surface area contributed by atoms with E-state index in [-0.39, 0.29) is 30.9 Å². The molecule has 1 aromatic carbocycles. The Morgan fingerprint density at radius 2 is 1.97 bits per heavy atom. The van der Waals surface area contributed by atoms with Crippen molar-refractivity contribution >= 4 is 34.7 Å². The lowest BCUT2D eigenvalue weighted by atomic mass is 10.1. The molecular formula is C23H29N5O5S. The van der Waals surface area contributed by atoms with Gasteiger partial charge in [0.25, 0.3) is 5.91 Å². The molecule has 0 spiro atoms. The zero-order valence-corrected chi connectivity index (χ0v) is 20.2. The van der Waals surface area contributed by atoms with Crippen molar-refractivity contribution in [2.45, 2.75) is 24.6 Å². The largest absolute Gasteiger partial charge is 0.464 e. The Labute approximate surface area is 203 Å². The highest BCUT2D eigenvalue weighted by molar-refractivity contribution is 8.15. The molecule has 11 heteroatoms. The highest BCUT2D eigenvalue weighted by Gasteiger charge is 2.39. The average molecular weight is 488 g/mol. The average Bonchev–Trinajstić information content (AvgIpc) is 3.13. The van der Waals surface area contributed by atoms with Crippen LogP contribution in [-0.4, -0.2) is 97.1 Å². The number of amidine groups is 1. The number of carbonyl (C=O) groups excluding carboxylic acids is 3. The lowest BCUT2D eigenvalue weighted by molar-refractivity contribution is -0.144. The molecule has 3 rings (SSSR count). The minimum Gasteiger partial charge on any atom is -0.464 e. The number of hydrogen-bond acceptors (Lipinski definition) is 8. The summed E-state index contributed by atoms with van der Waals surface area (Å²) in [5.74, 6) is -1.01. The lowest BCUT2D eigenvalue weighted by Crippen LogP contribution is -2.41. The van der Waals surface area contributed by atoms with Crippen LogP contribution in [0.25, 0.3) is 0 Å². The number of aliphatic imine (C=N–C) groups is 1. The van der Waals surface area contributed by atoms with Gasteiger partial charge in [0, 0.05) is 44.8 Å². The van der Waals surface area contributed by atoms with E-state index in [0.717, 1.165) is 13.1 Å². The van der Waals surface area contributed by atoms with Gasteiger partial charge in [-0.25, -0.2) is 0 Å². The van der Waals surface area contributed by atoms with Gasteiger partial charge in [-0.05, 0) is 31.2 Å². The van der Waals surface area contributed by atoms with Crippen molar-refractivity contribution in [3.8, 4) is 6.07 Å². The van der Waals surface area contributed by atoms with Crippen molar-refractivity contribution < 1.29 is 23.9 Å². The van der Waals surface area contributed by atoms with Crippen LogP contribution in [0.2, 0.25) is 0 Å². The van der Waals surface area contributed by atoms with Crippen LogP contribution in [0.1, 0.15) is 29.3 Å². The molecule has 1 N–H and O–H groups in total. The predicted octanol–water partition coefficient (Wildman–Crippen LogP) is 0.872. The Hall–Kier alpha value is -2.94. The Kier molecular flexibility index (Phi) is 9.44. The third kappa shape index (κ3) is 7.03. The number of nitrogens with zero attached hydrogens (tertiary/aromatic N) is 4. The molecule has 0 aromatic heterocycles. The molecule has 0 radical (unpaired) electrons. The van der Waals surface area contributed by atoms with Crippen LogP contribution in [0.5, 0.6) is 0 Å². The summed E-state index contributed by atoms with van der Waals surface area (Å²) in [7, 11) is 1.78. The molecule has 2 unspecified atom stereocenters. The third-order valence-corrected chi connectivity index (χ3v) is 7.15. The lowest BCUT2D eigenvalue weighted by Gasteiger charge is -2.26. The minimum atomic E-state index is -0.463. The predicted molar refractivity (Wildman–Crippen MR) is 127 cm³/mol. The monoisotopic (exact) mass is 487 g/mol. The summed E-state index contributed by atoms with van der Waals surface area (Å²) in [5, 5.41) is 11.6. The first-order valence-electron chi connectivity index (χ1n) is 11.1. The van der Waals surface area contributed by atoms with Crippen LogP contribution in [0.4, 0.5) is 0 Å². The van der Waals surface area contributed by atoms with Gasteiger partial charge in [0.15, 0.2) is 5.17 Å². The van der Waals surface area contributed by atoms with Crippen molar-refractivity contribution in [1.82, 2.24) is 15.1 Å². The van der Waals surface area contributed by atoms with Crippen LogP contribution in [0.3, 0.4) is 0 Å². The molecule has 0 bridgehead atoms. The normalized spacial score (nSPS) is 21.8. The molecule has 1 aromatic rings. The molecule has 2 atom stereocenters. The number of ether oxygens (including phenoxy) is 2. The first-order chi connectivity index (χ1) is 16.4. The van der Waals surface area contributed by atoms with E-state index in [0.29, 0.717) is 42.7 Å². The second-order valence-electron chi connectivity index (χ2n) is 7.99. The molecule has 2 saturated heterocycles. The van der Waals surface area contributed by atoms with Gasteiger partial charge >= 0.3 is 5.97 Å². The summed E-state index contributed by atoms with van der Waals surface area (Å²) >= 11 is 1.21. The van der Waals surface area contributed by atoms with E-state index in [9.17, 15) is 14.4 Å². The van der Waals surface area contributed by atoms with Crippen molar-refractivity contribution in [1.29, 1.82) is 5.26 Å². The van der Waals surface area contributed by atoms with Gasteiger partial charge in [0.1, 0.15) is 11.9 Å². The standard InChI is InChI=1S/C23H29N5O5S/c1-16-20(22(31)25-8-7-19(29)33-14-11-28-9-12-32-13-10-28)34-23(27(16)2)26-21(30)18-5-3-17(15-24)4-6-18/h3-6,16,20H,7-14H2,1-2H3,(H,25,31). The highest BCUT2D eigenvalue weighted by atomic mass is 32.2. The fourth-order valence-corrected chi connectivity index (χ4v) is 4.73. The number of rotatable bonds is 8. The number of nitrogens with one attached hydrogen (secondary N) is 1. The van der Waals surface area contributed by atoms with Crippen LogP contribution >= 0.6 is 11.8 Å². The Morgan fingerprint density at radius 1 is 1.26 bits per heavy atom. The number of amides is 2. The topological polar surface area (TPSA) is 124 Å². The molecule has 2 amide bonds. The summed E-state index contributed by atoms with van der Waals surface area (Å²) in [6.07, 6.45) is 0.0918. The van der Waals surface area contributed by atoms with E-state index in [2.05, 4.69) is 15.2 Å². The van der Waals surface area contributed by atoms with Gasteiger partial charge in [-0.15, -0.1) is 0 Å². The SMILES string of the molecule is CC1C(C(=O)NCCC(=O)OCCN2CCOCC2)SC(=NC(=O)c2ccc(C#N)cc2)N1C. The quantitative estimate of drug-likeness (QED) is 0.532. The highest BCUT2D eigenvalue weighted by Crippen LogP contribution is 2.31. The van der Waals surface area contributed by atoms with Crippen molar-refractivity contribution in [2.75, 3.05) is 53.0 Å². The van der Waals surface area contributed by atoms with E-state index in [1.165, 1.54) is 11.8 Å². The van der Waals surface area contributed by atoms with E-state index in [1.807, 2.05) is 13.0 Å². The number of benzene rings is 1. The zero-order chi connectivity index (χ0) is 24.5. The Balaban J connectivity index is 1.42. The molecule has 2 aliphatic heterocycles. The van der Waals surface area contributed by atoms with Crippen molar-refractivity contribution in [2.24, 2.45) is 4.99 Å². The van der Waals surface area contributed by atoms with Crippen molar-refractivity contribution in [3.63, 3.8) is 0 Å². The molecule has 2 aliphatic rings. The summed E-state index contributed by atoms with van der Waals surface area (Å²) in [6, 6.07) is 8.05. The molecule has 10 nitrogen and oxygen atoms in total. The summed E-state index contributed by atoms with van der Waals surface area (Å²) < 4.78 is 10.5. The maximum absolute atomic E-state index is 12.7. The molecule has 2 heterocycles. The van der Waals surface area contributed by atoms with Crippen molar-refractivity contribution in [3.05, 3.63) is 35.4 Å². The first kappa shape index (κ1) is 25.7. The Morgan fingerprint density at radius 3 is 2.65 bits per heavy atom. The zero-order valence-electron chi connectivity index (χ0n) is 19.4. The van der Waals surface area contributed by atoms with E-state index in [1.54, 1.807) is 36.2 Å². The van der Waals surface area contributed by atoms with E-state index >= 15 is 0 Å². The third-order valence-electron chi connectivity index (χ3n) is 5.70. The number of thioether (sulfide) groups is 1. The second kappa shape index (κ2) is 12.5. The fourth-order valence-electron chi connectivity index (χ4n) is 3.46. The van der Waals surface area contributed by atoms with Crippen LogP contribution in [0, 0.1) is 11.3 Å². The summed E-state index contributed by atoms with van der Waals surface area (Å²) in [5.41, 5.74) is 0.830. The van der Waals surface area contributed by atoms with E-state index < -0.39 is 11.2 Å². The maximum Gasteiger partial charge on any atom is 0.307 e. The molecule has 2 fully saturated rings. The van der Waals surface area contributed by atoms with Crippen LogP contribution in [-0.2, 0) is 19.1 Å². The molecule has 0 aliphatic carbocycles. The molecule has 34 heavy (non-hydrogen) atoms. The number of hydrogen-bond donors (Lipinski definition) is 1. The van der Waals surface area contributed by atoms with Gasteiger partial charge < -0.3 is 19.7 Å². The van der Waals surface area contributed by atoms with Gasteiger partial charge in [-0.2, -0.15) is 10.3 Å². The van der Waals surface area contributed by atoms with E-state index in [4.69, 9.17) is 14.7 Å². The van der Waals surface area contributed by atoms with Crippen LogP contribution in [0.15, 0.2) is 29.3 Å². The van der Waals surface area contributed by atoms with Gasteiger partial charge in [0.2, 0.25) is 5.91 Å². The smallest absolute Gasteiger partial charge is 0.307 e. The molecule has 0 saturated carbocycles. The second-order valence-corrected chi connectivity index (χ2v) is 9.10. The number of morpholine rings is 1. The van der Waals surface area contributed by atoms with Gasteiger partial charge in [0.05, 0.1) is 31.3 Å². The number of nitriles is 1. The Bertz CT molecular complexity index is 955.